The summed E-state index contributed by atoms with van der Waals surface area (Å²) in [7, 11) is 1.52. The smallest absolute Gasteiger partial charge is 0.326 e. The second-order valence-corrected chi connectivity index (χ2v) is 6.42. The number of carboxylic acid groups (broad SMARTS) is 1. The third-order valence-corrected chi connectivity index (χ3v) is 4.03. The van der Waals surface area contributed by atoms with Crippen molar-refractivity contribution in [3.05, 3.63) is 23.8 Å². The van der Waals surface area contributed by atoms with E-state index in [1.807, 2.05) is 13.8 Å². The zero-order valence-corrected chi connectivity index (χ0v) is 14.4. The number of carboxylic acids is 1. The minimum Gasteiger partial charge on any atom is -0.493 e. The van der Waals surface area contributed by atoms with Crippen LogP contribution in [0.3, 0.4) is 0 Å². The van der Waals surface area contributed by atoms with Gasteiger partial charge in [0.2, 0.25) is 0 Å². The Balaban J connectivity index is 2.21. The molecule has 24 heavy (non-hydrogen) atoms. The molecule has 1 aliphatic rings. The summed E-state index contributed by atoms with van der Waals surface area (Å²) in [6.45, 7) is 5.11. The van der Waals surface area contributed by atoms with Crippen molar-refractivity contribution in [3.8, 4) is 11.5 Å². The Morgan fingerprint density at radius 2 is 2.04 bits per heavy atom. The minimum atomic E-state index is -0.952. The van der Waals surface area contributed by atoms with Crippen LogP contribution in [-0.2, 0) is 4.79 Å². The number of benzene rings is 1. The highest BCUT2D eigenvalue weighted by atomic mass is 16.5. The van der Waals surface area contributed by atoms with Gasteiger partial charge < -0.3 is 19.5 Å². The van der Waals surface area contributed by atoms with E-state index in [1.54, 1.807) is 18.2 Å². The van der Waals surface area contributed by atoms with E-state index in [2.05, 4.69) is 0 Å². The molecular formula is C18H25NO5. The van der Waals surface area contributed by atoms with Gasteiger partial charge in [-0.25, -0.2) is 4.79 Å². The van der Waals surface area contributed by atoms with Crippen molar-refractivity contribution in [3.63, 3.8) is 0 Å². The fraction of sp³-hybridized carbons (Fsp3) is 0.556. The number of hydrogen-bond acceptors (Lipinski definition) is 4. The lowest BCUT2D eigenvalue weighted by atomic mass is 10.0. The second kappa shape index (κ2) is 8.04. The molecule has 0 saturated carbocycles. The molecule has 0 spiro atoms. The maximum atomic E-state index is 12.7. The van der Waals surface area contributed by atoms with Crippen LogP contribution in [0.4, 0.5) is 0 Å². The van der Waals surface area contributed by atoms with Gasteiger partial charge in [-0.3, -0.25) is 4.79 Å². The summed E-state index contributed by atoms with van der Waals surface area (Å²) in [6, 6.07) is 4.22. The lowest BCUT2D eigenvalue weighted by molar-refractivity contribution is -0.143. The van der Waals surface area contributed by atoms with E-state index in [0.29, 0.717) is 42.6 Å². The van der Waals surface area contributed by atoms with Crippen LogP contribution >= 0.6 is 0 Å². The van der Waals surface area contributed by atoms with E-state index in [4.69, 9.17) is 9.47 Å². The van der Waals surface area contributed by atoms with Crippen molar-refractivity contribution in [2.45, 2.75) is 39.2 Å². The third kappa shape index (κ3) is 4.19. The molecule has 2 rings (SSSR count). The predicted octanol–water partition coefficient (Wildman–Crippen LogP) is 2.81. The van der Waals surface area contributed by atoms with Crippen molar-refractivity contribution < 1.29 is 24.2 Å². The first-order chi connectivity index (χ1) is 11.4. The topological polar surface area (TPSA) is 76.1 Å². The largest absolute Gasteiger partial charge is 0.493 e. The number of amides is 1. The van der Waals surface area contributed by atoms with Gasteiger partial charge in [0.05, 0.1) is 13.7 Å². The Kier molecular flexibility index (Phi) is 6.06. The third-order valence-electron chi connectivity index (χ3n) is 4.03. The number of methoxy groups -OCH3 is 1. The molecule has 1 aromatic rings. The molecule has 6 nitrogen and oxygen atoms in total. The van der Waals surface area contributed by atoms with Crippen LogP contribution in [0.5, 0.6) is 11.5 Å². The number of carbonyl (C=O) groups is 2. The Morgan fingerprint density at radius 1 is 1.29 bits per heavy atom. The number of rotatable bonds is 6. The van der Waals surface area contributed by atoms with Crippen molar-refractivity contribution in [2.75, 3.05) is 20.3 Å². The average molecular weight is 335 g/mol. The number of likely N-dealkylation sites (tertiary alicyclic amines) is 1. The fourth-order valence-corrected chi connectivity index (χ4v) is 2.77. The summed E-state index contributed by atoms with van der Waals surface area (Å²) >= 11 is 0. The number of piperidine rings is 1. The lowest BCUT2D eigenvalue weighted by Crippen LogP contribution is -2.47. The summed E-state index contributed by atoms with van der Waals surface area (Å²) < 4.78 is 11.0. The SMILES string of the molecule is COc1cc(C(=O)N2CCCC[C@@H]2C(=O)O)ccc1OCC(C)C. The van der Waals surface area contributed by atoms with Crippen LogP contribution in [-0.4, -0.2) is 48.2 Å². The number of hydrogen-bond donors (Lipinski definition) is 1. The molecule has 1 saturated heterocycles. The molecular weight excluding hydrogens is 310 g/mol. The van der Waals surface area contributed by atoms with Crippen LogP contribution in [0.2, 0.25) is 0 Å². The first-order valence-electron chi connectivity index (χ1n) is 8.28. The molecule has 132 valence electrons. The van der Waals surface area contributed by atoms with Crippen molar-refractivity contribution in [2.24, 2.45) is 5.92 Å². The molecule has 6 heteroatoms. The quantitative estimate of drug-likeness (QED) is 0.865. The molecule has 1 aliphatic heterocycles. The molecule has 1 atom stereocenters. The number of nitrogens with zero attached hydrogens (tertiary/aromatic N) is 1. The summed E-state index contributed by atoms with van der Waals surface area (Å²) in [5, 5.41) is 9.33. The number of aliphatic carboxylic acids is 1. The first kappa shape index (κ1) is 18.1. The minimum absolute atomic E-state index is 0.282. The van der Waals surface area contributed by atoms with Crippen LogP contribution in [0.15, 0.2) is 18.2 Å². The van der Waals surface area contributed by atoms with Gasteiger partial charge in [-0.05, 0) is 43.4 Å². The number of carbonyl (C=O) groups excluding carboxylic acids is 1. The Bertz CT molecular complexity index is 599. The molecule has 1 N–H and O–H groups in total. The van der Waals surface area contributed by atoms with Gasteiger partial charge in [0, 0.05) is 12.1 Å². The van der Waals surface area contributed by atoms with E-state index >= 15 is 0 Å². The molecule has 0 aromatic heterocycles. The average Bonchev–Trinajstić information content (AvgIpc) is 2.59. The van der Waals surface area contributed by atoms with E-state index in [1.165, 1.54) is 12.0 Å². The fourth-order valence-electron chi connectivity index (χ4n) is 2.77. The van der Waals surface area contributed by atoms with Crippen LogP contribution in [0.25, 0.3) is 0 Å². The zero-order valence-electron chi connectivity index (χ0n) is 14.4. The van der Waals surface area contributed by atoms with Gasteiger partial charge in [0.15, 0.2) is 11.5 Å². The summed E-state index contributed by atoms with van der Waals surface area (Å²) in [5.41, 5.74) is 0.414. The summed E-state index contributed by atoms with van der Waals surface area (Å²) in [5.74, 6) is 0.199. The molecule has 1 aromatic carbocycles. The van der Waals surface area contributed by atoms with Crippen LogP contribution in [0.1, 0.15) is 43.5 Å². The standard InChI is InChI=1S/C18H25NO5/c1-12(2)11-24-15-8-7-13(10-16(15)23-3)17(20)19-9-5-4-6-14(19)18(21)22/h7-8,10,12,14H,4-6,9,11H2,1-3H3,(H,21,22)/t14-/m1/s1. The number of ether oxygens (including phenoxy) is 2. The van der Waals surface area contributed by atoms with Crippen LogP contribution < -0.4 is 9.47 Å². The van der Waals surface area contributed by atoms with Gasteiger partial charge in [-0.15, -0.1) is 0 Å². The van der Waals surface area contributed by atoms with E-state index < -0.39 is 12.0 Å². The highest BCUT2D eigenvalue weighted by molar-refractivity contribution is 5.97. The van der Waals surface area contributed by atoms with Gasteiger partial charge in [-0.1, -0.05) is 13.8 Å². The molecule has 1 amide bonds. The van der Waals surface area contributed by atoms with E-state index in [0.717, 1.165) is 12.8 Å². The molecule has 1 fully saturated rings. The summed E-state index contributed by atoms with van der Waals surface area (Å²) in [6.07, 6.45) is 2.14. The lowest BCUT2D eigenvalue weighted by Gasteiger charge is -2.33. The monoisotopic (exact) mass is 335 g/mol. The highest BCUT2D eigenvalue weighted by Gasteiger charge is 2.32. The van der Waals surface area contributed by atoms with E-state index in [9.17, 15) is 14.7 Å². The normalized spacial score (nSPS) is 17.7. The van der Waals surface area contributed by atoms with Crippen LogP contribution in [0, 0.1) is 5.92 Å². The maximum absolute atomic E-state index is 12.7. The van der Waals surface area contributed by atoms with Crippen molar-refractivity contribution in [1.82, 2.24) is 4.90 Å². The molecule has 0 bridgehead atoms. The zero-order chi connectivity index (χ0) is 17.7. The molecule has 1 heterocycles. The van der Waals surface area contributed by atoms with Crippen molar-refractivity contribution in [1.29, 1.82) is 0 Å². The first-order valence-corrected chi connectivity index (χ1v) is 8.28. The molecule has 0 radical (unpaired) electrons. The molecule has 0 unspecified atom stereocenters. The second-order valence-electron chi connectivity index (χ2n) is 6.42. The van der Waals surface area contributed by atoms with Gasteiger partial charge >= 0.3 is 5.97 Å². The Hall–Kier alpha value is -2.24. The predicted molar refractivity (Wildman–Crippen MR) is 89.6 cm³/mol. The highest BCUT2D eigenvalue weighted by Crippen LogP contribution is 2.30. The van der Waals surface area contributed by atoms with Gasteiger partial charge in [-0.2, -0.15) is 0 Å². The Morgan fingerprint density at radius 3 is 2.67 bits per heavy atom. The van der Waals surface area contributed by atoms with Gasteiger partial charge in [0.1, 0.15) is 6.04 Å². The Labute approximate surface area is 142 Å². The maximum Gasteiger partial charge on any atom is 0.326 e. The van der Waals surface area contributed by atoms with E-state index in [-0.39, 0.29) is 5.91 Å². The summed E-state index contributed by atoms with van der Waals surface area (Å²) in [4.78, 5) is 25.6. The van der Waals surface area contributed by atoms with Crippen molar-refractivity contribution >= 4 is 11.9 Å². The van der Waals surface area contributed by atoms with Gasteiger partial charge in [0.25, 0.3) is 5.91 Å². The molecule has 0 aliphatic carbocycles.